The number of nitrogens with two attached hydrogens (primary N) is 1. The Morgan fingerprint density at radius 3 is 2.48 bits per heavy atom. The smallest absolute Gasteiger partial charge is 0.262 e. The molecule has 0 aliphatic heterocycles. The Kier molecular flexibility index (Phi) is 6.70. The van der Waals surface area contributed by atoms with Crippen molar-refractivity contribution in [3.05, 3.63) is 68.0 Å². The average Bonchev–Trinajstić information content (AvgIpc) is 2.97. The van der Waals surface area contributed by atoms with E-state index >= 15 is 0 Å². The van der Waals surface area contributed by atoms with E-state index in [0.717, 1.165) is 4.88 Å². The van der Waals surface area contributed by atoms with Crippen molar-refractivity contribution in [2.45, 2.75) is 6.92 Å². The summed E-state index contributed by atoms with van der Waals surface area (Å²) in [6.07, 6.45) is 0. The van der Waals surface area contributed by atoms with Gasteiger partial charge in [-0.3, -0.25) is 9.59 Å². The number of benzene rings is 2. The summed E-state index contributed by atoms with van der Waals surface area (Å²) < 4.78 is 5.43. The number of rotatable bonds is 6. The maximum atomic E-state index is 12.4. The molecule has 0 saturated carbocycles. The number of hydrogen-bond acceptors (Lipinski definition) is 4. The number of carbonyl (C=O) groups excluding carboxylic acids is 2. The van der Waals surface area contributed by atoms with Crippen LogP contribution >= 0.6 is 46.1 Å². The van der Waals surface area contributed by atoms with Crippen molar-refractivity contribution in [1.82, 2.24) is 0 Å². The molecule has 1 aromatic heterocycles. The van der Waals surface area contributed by atoms with Crippen molar-refractivity contribution in [1.29, 1.82) is 0 Å². The molecule has 29 heavy (non-hydrogen) atoms. The molecule has 0 saturated heterocycles. The van der Waals surface area contributed by atoms with E-state index < -0.39 is 11.8 Å². The summed E-state index contributed by atoms with van der Waals surface area (Å²) in [4.78, 5) is 25.3. The van der Waals surface area contributed by atoms with Gasteiger partial charge < -0.3 is 15.8 Å². The van der Waals surface area contributed by atoms with Crippen LogP contribution in [0.3, 0.4) is 0 Å². The zero-order valence-electron chi connectivity index (χ0n) is 15.1. The lowest BCUT2D eigenvalue weighted by molar-refractivity contribution is -0.118. The molecule has 0 bridgehead atoms. The summed E-state index contributed by atoms with van der Waals surface area (Å²) in [6, 6.07) is 11.8. The van der Waals surface area contributed by atoms with Crippen LogP contribution in [0.2, 0.25) is 15.1 Å². The number of halogens is 3. The molecule has 2 amide bonds. The molecule has 0 aliphatic carbocycles. The number of primary amides is 1. The normalized spacial score (nSPS) is 10.6. The third kappa shape index (κ3) is 4.85. The predicted octanol–water partition coefficient (Wildman–Crippen LogP) is 5.80. The zero-order chi connectivity index (χ0) is 21.1. The summed E-state index contributed by atoms with van der Waals surface area (Å²) in [5.41, 5.74) is 6.95. The Labute approximate surface area is 186 Å². The number of ether oxygens (including phenoxy) is 1. The highest BCUT2D eigenvalue weighted by Gasteiger charge is 2.24. The summed E-state index contributed by atoms with van der Waals surface area (Å²) in [7, 11) is 0. The first-order chi connectivity index (χ1) is 13.8. The molecule has 150 valence electrons. The fourth-order valence-electron chi connectivity index (χ4n) is 2.75. The summed E-state index contributed by atoms with van der Waals surface area (Å²) in [6.45, 7) is 1.53. The highest BCUT2D eigenvalue weighted by molar-refractivity contribution is 7.17. The van der Waals surface area contributed by atoms with E-state index in [4.69, 9.17) is 45.3 Å². The van der Waals surface area contributed by atoms with E-state index in [-0.39, 0.29) is 12.2 Å². The fraction of sp³-hybridized carbons (Fsp3) is 0.100. The Morgan fingerprint density at radius 1 is 1.10 bits per heavy atom. The lowest BCUT2D eigenvalue weighted by Crippen LogP contribution is -2.22. The maximum Gasteiger partial charge on any atom is 0.262 e. The van der Waals surface area contributed by atoms with Crippen LogP contribution in [0, 0.1) is 6.92 Å². The van der Waals surface area contributed by atoms with Gasteiger partial charge in [0.25, 0.3) is 11.8 Å². The molecule has 5 nitrogen and oxygen atoms in total. The second-order valence-electron chi connectivity index (χ2n) is 5.99. The average molecular weight is 470 g/mol. The molecule has 0 atom stereocenters. The van der Waals surface area contributed by atoms with Gasteiger partial charge in [0.15, 0.2) is 6.61 Å². The van der Waals surface area contributed by atoms with Gasteiger partial charge >= 0.3 is 0 Å². The summed E-state index contributed by atoms with van der Waals surface area (Å²) >= 11 is 19.5. The number of carbonyl (C=O) groups is 2. The molecule has 2 aromatic carbocycles. The maximum absolute atomic E-state index is 12.4. The minimum absolute atomic E-state index is 0.183. The van der Waals surface area contributed by atoms with E-state index in [2.05, 4.69) is 5.32 Å². The number of thiophene rings is 1. The number of hydrogen-bond donors (Lipinski definition) is 2. The third-order valence-corrected chi connectivity index (χ3v) is 5.86. The van der Waals surface area contributed by atoms with E-state index in [0.29, 0.717) is 36.9 Å². The molecule has 0 spiro atoms. The van der Waals surface area contributed by atoms with Crippen molar-refractivity contribution in [2.75, 3.05) is 11.9 Å². The number of anilines is 1. The monoisotopic (exact) mass is 468 g/mol. The second-order valence-corrected chi connectivity index (χ2v) is 8.47. The van der Waals surface area contributed by atoms with Crippen LogP contribution in [0.25, 0.3) is 11.1 Å². The Morgan fingerprint density at radius 2 is 1.83 bits per heavy atom. The minimum Gasteiger partial charge on any atom is -0.482 e. The van der Waals surface area contributed by atoms with Crippen molar-refractivity contribution >= 4 is 63.0 Å². The van der Waals surface area contributed by atoms with Gasteiger partial charge in [-0.05, 0) is 31.2 Å². The van der Waals surface area contributed by atoms with E-state index in [1.165, 1.54) is 11.3 Å². The molecule has 3 aromatic rings. The van der Waals surface area contributed by atoms with Crippen molar-refractivity contribution in [2.24, 2.45) is 5.73 Å². The van der Waals surface area contributed by atoms with Crippen LogP contribution < -0.4 is 15.8 Å². The molecule has 0 aliphatic rings. The molecule has 9 heteroatoms. The minimum atomic E-state index is -0.683. The quantitative estimate of drug-likeness (QED) is 0.478. The van der Waals surface area contributed by atoms with Crippen molar-refractivity contribution in [3.8, 4) is 16.9 Å². The van der Waals surface area contributed by atoms with E-state index in [1.807, 2.05) is 6.92 Å². The molecule has 3 N–H and O–H groups in total. The van der Waals surface area contributed by atoms with Crippen LogP contribution in [0.1, 0.15) is 15.2 Å². The standard InChI is InChI=1S/C20H15Cl3N2O3S/c1-10-17(12-7-6-11(21)8-14(12)23)18(19(24)27)20(29-10)25-16(26)9-28-15-5-3-2-4-13(15)22/h2-8H,9H2,1H3,(H2,24,27)(H,25,26). The lowest BCUT2D eigenvalue weighted by Gasteiger charge is -2.10. The van der Waals surface area contributed by atoms with Gasteiger partial charge in [0.1, 0.15) is 10.8 Å². The summed E-state index contributed by atoms with van der Waals surface area (Å²) in [5, 5.41) is 4.25. The van der Waals surface area contributed by atoms with Crippen LogP contribution in [0.5, 0.6) is 5.75 Å². The Hall–Kier alpha value is -2.25. The van der Waals surface area contributed by atoms with Gasteiger partial charge in [-0.1, -0.05) is 53.0 Å². The lowest BCUT2D eigenvalue weighted by atomic mass is 10.0. The molecule has 0 unspecified atom stereocenters. The molecular weight excluding hydrogens is 455 g/mol. The van der Waals surface area contributed by atoms with E-state index in [1.54, 1.807) is 42.5 Å². The van der Waals surface area contributed by atoms with Gasteiger partial charge in [-0.15, -0.1) is 11.3 Å². The first kappa shape index (κ1) is 21.5. The van der Waals surface area contributed by atoms with Crippen molar-refractivity contribution in [3.63, 3.8) is 0 Å². The topological polar surface area (TPSA) is 81.4 Å². The number of para-hydroxylation sites is 1. The van der Waals surface area contributed by atoms with Crippen molar-refractivity contribution < 1.29 is 14.3 Å². The zero-order valence-corrected chi connectivity index (χ0v) is 18.2. The number of nitrogens with one attached hydrogen (secondary N) is 1. The van der Waals surface area contributed by atoms with Gasteiger partial charge in [-0.2, -0.15) is 0 Å². The van der Waals surface area contributed by atoms with E-state index in [9.17, 15) is 9.59 Å². The highest BCUT2D eigenvalue weighted by Crippen LogP contribution is 2.42. The molecule has 1 heterocycles. The Balaban J connectivity index is 1.87. The summed E-state index contributed by atoms with van der Waals surface area (Å²) in [5.74, 6) is -0.754. The fourth-order valence-corrected chi connectivity index (χ4v) is 4.54. The molecule has 3 rings (SSSR count). The van der Waals surface area contributed by atoms with Gasteiger partial charge in [0.2, 0.25) is 0 Å². The van der Waals surface area contributed by atoms with Gasteiger partial charge in [0.05, 0.1) is 10.6 Å². The van der Waals surface area contributed by atoms with Gasteiger partial charge in [0, 0.05) is 26.0 Å². The molecule has 0 fully saturated rings. The third-order valence-electron chi connectivity index (χ3n) is 3.98. The van der Waals surface area contributed by atoms with Crippen LogP contribution in [-0.2, 0) is 4.79 Å². The first-order valence-corrected chi connectivity index (χ1v) is 10.3. The second kappa shape index (κ2) is 9.05. The van der Waals surface area contributed by atoms with Crippen LogP contribution in [0.4, 0.5) is 5.00 Å². The number of amides is 2. The predicted molar refractivity (Wildman–Crippen MR) is 119 cm³/mol. The van der Waals surface area contributed by atoms with Crippen LogP contribution in [-0.4, -0.2) is 18.4 Å². The molecule has 0 radical (unpaired) electrons. The highest BCUT2D eigenvalue weighted by atomic mass is 35.5. The first-order valence-electron chi connectivity index (χ1n) is 8.33. The van der Waals surface area contributed by atoms with Crippen LogP contribution in [0.15, 0.2) is 42.5 Å². The SMILES string of the molecule is Cc1sc(NC(=O)COc2ccccc2Cl)c(C(N)=O)c1-c1ccc(Cl)cc1Cl. The largest absolute Gasteiger partial charge is 0.482 e. The molecular formula is C20H15Cl3N2O3S. The Bertz CT molecular complexity index is 1100. The van der Waals surface area contributed by atoms with Gasteiger partial charge in [-0.25, -0.2) is 0 Å². The number of aryl methyl sites for hydroxylation is 1.